The number of sulfonamides is 1. The van der Waals surface area contributed by atoms with E-state index in [4.69, 9.17) is 5.14 Å². The maximum atomic E-state index is 12.3. The summed E-state index contributed by atoms with van der Waals surface area (Å²) in [5.41, 5.74) is 6.28. The molecule has 136 valence electrons. The van der Waals surface area contributed by atoms with Crippen LogP contribution in [0.3, 0.4) is 0 Å². The van der Waals surface area contributed by atoms with E-state index < -0.39 is 10.0 Å². The third-order valence-corrected chi connectivity index (χ3v) is 4.89. The molecule has 0 fully saturated rings. The van der Waals surface area contributed by atoms with Crippen molar-refractivity contribution in [1.29, 1.82) is 0 Å². The number of primary sulfonamides is 1. The van der Waals surface area contributed by atoms with Crippen molar-refractivity contribution in [2.45, 2.75) is 25.2 Å². The van der Waals surface area contributed by atoms with Gasteiger partial charge in [-0.15, -0.1) is 0 Å². The van der Waals surface area contributed by atoms with E-state index in [1.165, 1.54) is 24.3 Å². The summed E-state index contributed by atoms with van der Waals surface area (Å²) in [7, 11) is -3.74. The molecule has 8 heteroatoms. The zero-order valence-electron chi connectivity index (χ0n) is 14.5. The number of nitrogens with one attached hydrogen (secondary N) is 2. The lowest BCUT2D eigenvalue weighted by molar-refractivity contribution is -0.110. The highest BCUT2D eigenvalue weighted by Crippen LogP contribution is 2.28. The van der Waals surface area contributed by atoms with Crippen molar-refractivity contribution in [2.75, 3.05) is 10.7 Å². The molecule has 0 bridgehead atoms. The maximum absolute atomic E-state index is 12.3. The lowest BCUT2D eigenvalue weighted by Crippen LogP contribution is -2.17. The molecule has 0 unspecified atom stereocenters. The van der Waals surface area contributed by atoms with Gasteiger partial charge in [-0.2, -0.15) is 5.10 Å². The molecule has 0 saturated heterocycles. The SMILES string of the molecule is CC(C)Cc1cccc2c1/C(=N/Nc1ccc(S(N)(=O)=O)cc1)C(=O)N2. The number of benzene rings is 2. The summed E-state index contributed by atoms with van der Waals surface area (Å²) in [5.74, 6) is 0.169. The van der Waals surface area contributed by atoms with Crippen LogP contribution in [0.1, 0.15) is 25.0 Å². The quantitative estimate of drug-likeness (QED) is 0.699. The third-order valence-electron chi connectivity index (χ3n) is 3.96. The van der Waals surface area contributed by atoms with E-state index in [-0.39, 0.29) is 10.8 Å². The van der Waals surface area contributed by atoms with Gasteiger partial charge >= 0.3 is 0 Å². The fourth-order valence-electron chi connectivity index (χ4n) is 2.84. The van der Waals surface area contributed by atoms with Crippen molar-refractivity contribution in [1.82, 2.24) is 0 Å². The van der Waals surface area contributed by atoms with Gasteiger partial charge < -0.3 is 5.32 Å². The highest BCUT2D eigenvalue weighted by atomic mass is 32.2. The van der Waals surface area contributed by atoms with Crippen LogP contribution in [0.2, 0.25) is 0 Å². The monoisotopic (exact) mass is 372 g/mol. The van der Waals surface area contributed by atoms with Gasteiger partial charge in [0.15, 0.2) is 5.71 Å². The van der Waals surface area contributed by atoms with Crippen molar-refractivity contribution in [3.8, 4) is 0 Å². The lowest BCUT2D eigenvalue weighted by Gasteiger charge is -2.10. The average Bonchev–Trinajstić information content (AvgIpc) is 2.88. The summed E-state index contributed by atoms with van der Waals surface area (Å²) in [6.45, 7) is 4.23. The van der Waals surface area contributed by atoms with Crippen LogP contribution in [0, 0.1) is 5.92 Å². The molecule has 0 aliphatic carbocycles. The van der Waals surface area contributed by atoms with Gasteiger partial charge in [0.25, 0.3) is 5.91 Å². The molecule has 0 radical (unpaired) electrons. The van der Waals surface area contributed by atoms with E-state index in [1.54, 1.807) is 0 Å². The Bertz CT molecular complexity index is 980. The number of hydrazone groups is 1. The van der Waals surface area contributed by atoms with Crippen molar-refractivity contribution < 1.29 is 13.2 Å². The molecule has 1 amide bonds. The molecule has 0 atom stereocenters. The van der Waals surface area contributed by atoms with Crippen LogP contribution in [-0.2, 0) is 21.2 Å². The predicted octanol–water partition coefficient (Wildman–Crippen LogP) is 2.30. The van der Waals surface area contributed by atoms with Gasteiger partial charge in [0.2, 0.25) is 10.0 Å². The van der Waals surface area contributed by atoms with Crippen LogP contribution in [0.25, 0.3) is 0 Å². The van der Waals surface area contributed by atoms with Gasteiger partial charge in [-0.3, -0.25) is 10.2 Å². The normalized spacial score (nSPS) is 15.2. The van der Waals surface area contributed by atoms with Gasteiger partial charge in [-0.05, 0) is 48.2 Å². The minimum atomic E-state index is -3.74. The van der Waals surface area contributed by atoms with E-state index in [0.29, 0.717) is 17.3 Å². The number of fused-ring (bicyclic) bond motifs is 1. The number of amides is 1. The number of hydrogen-bond donors (Lipinski definition) is 3. The van der Waals surface area contributed by atoms with Gasteiger partial charge in [-0.1, -0.05) is 26.0 Å². The Labute approximate surface area is 152 Å². The Morgan fingerprint density at radius 1 is 1.15 bits per heavy atom. The molecule has 0 saturated carbocycles. The smallest absolute Gasteiger partial charge is 0.276 e. The second kappa shape index (κ2) is 6.89. The van der Waals surface area contributed by atoms with E-state index >= 15 is 0 Å². The van der Waals surface area contributed by atoms with Crippen LogP contribution < -0.4 is 15.9 Å². The van der Waals surface area contributed by atoms with Gasteiger partial charge in [0, 0.05) is 5.56 Å². The largest absolute Gasteiger partial charge is 0.320 e. The van der Waals surface area contributed by atoms with Gasteiger partial charge in [0.05, 0.1) is 16.3 Å². The van der Waals surface area contributed by atoms with Crippen LogP contribution in [0.5, 0.6) is 0 Å². The van der Waals surface area contributed by atoms with E-state index in [1.807, 2.05) is 18.2 Å². The summed E-state index contributed by atoms with van der Waals surface area (Å²) in [5, 5.41) is 12.1. The van der Waals surface area contributed by atoms with Crippen LogP contribution in [0.15, 0.2) is 52.5 Å². The second-order valence-corrected chi connectivity index (χ2v) is 8.09. The van der Waals surface area contributed by atoms with Gasteiger partial charge in [0.1, 0.15) is 0 Å². The van der Waals surface area contributed by atoms with Crippen molar-refractivity contribution >= 4 is 33.0 Å². The summed E-state index contributed by atoms with van der Waals surface area (Å²) in [4.78, 5) is 12.3. The number of anilines is 2. The molecule has 4 N–H and O–H groups in total. The molecule has 1 heterocycles. The topological polar surface area (TPSA) is 114 Å². The van der Waals surface area contributed by atoms with E-state index in [2.05, 4.69) is 29.7 Å². The van der Waals surface area contributed by atoms with Crippen LogP contribution in [0.4, 0.5) is 11.4 Å². The highest BCUT2D eigenvalue weighted by molar-refractivity contribution is 7.89. The molecule has 7 nitrogen and oxygen atoms in total. The number of hydrogen-bond acceptors (Lipinski definition) is 5. The molecule has 2 aromatic rings. The number of carbonyl (C=O) groups excluding carboxylic acids is 1. The molecule has 1 aliphatic heterocycles. The summed E-state index contributed by atoms with van der Waals surface area (Å²) in [6, 6.07) is 11.6. The Morgan fingerprint density at radius 3 is 2.46 bits per heavy atom. The fourth-order valence-corrected chi connectivity index (χ4v) is 3.35. The number of rotatable bonds is 5. The predicted molar refractivity (Wildman–Crippen MR) is 102 cm³/mol. The van der Waals surface area contributed by atoms with E-state index in [0.717, 1.165) is 23.2 Å². The second-order valence-electron chi connectivity index (χ2n) is 6.53. The molecular formula is C18H20N4O3S. The number of nitrogens with two attached hydrogens (primary N) is 1. The zero-order chi connectivity index (χ0) is 18.9. The van der Waals surface area contributed by atoms with Gasteiger partial charge in [-0.25, -0.2) is 13.6 Å². The van der Waals surface area contributed by atoms with Crippen molar-refractivity contribution in [2.24, 2.45) is 16.2 Å². The molecular weight excluding hydrogens is 352 g/mol. The summed E-state index contributed by atoms with van der Waals surface area (Å²) >= 11 is 0. The minimum Gasteiger partial charge on any atom is -0.320 e. The van der Waals surface area contributed by atoms with Crippen LogP contribution in [-0.4, -0.2) is 20.0 Å². The molecule has 0 spiro atoms. The Hall–Kier alpha value is -2.71. The molecule has 1 aliphatic rings. The molecule has 2 aromatic carbocycles. The highest BCUT2D eigenvalue weighted by Gasteiger charge is 2.28. The molecule has 0 aromatic heterocycles. The van der Waals surface area contributed by atoms with Crippen molar-refractivity contribution in [3.05, 3.63) is 53.6 Å². The third kappa shape index (κ3) is 3.76. The zero-order valence-corrected chi connectivity index (χ0v) is 15.3. The number of nitrogens with zero attached hydrogens (tertiary/aromatic N) is 1. The standard InChI is InChI=1S/C18H20N4O3S/c1-11(2)10-12-4-3-5-15-16(12)17(18(23)20-15)22-21-13-6-8-14(9-7-13)26(19,24)25/h3-9,11,21H,10H2,1-2H3,(H2,19,24,25)(H,20,22,23). The maximum Gasteiger partial charge on any atom is 0.276 e. The first-order valence-electron chi connectivity index (χ1n) is 8.16. The van der Waals surface area contributed by atoms with Crippen LogP contribution >= 0.6 is 0 Å². The first kappa shape index (κ1) is 18.1. The average molecular weight is 372 g/mol. The Kier molecular flexibility index (Phi) is 4.80. The first-order valence-corrected chi connectivity index (χ1v) is 9.70. The lowest BCUT2D eigenvalue weighted by atomic mass is 9.95. The summed E-state index contributed by atoms with van der Waals surface area (Å²) in [6.07, 6.45) is 0.834. The number of carbonyl (C=O) groups is 1. The fraction of sp³-hybridized carbons (Fsp3) is 0.222. The Morgan fingerprint density at radius 2 is 1.85 bits per heavy atom. The Balaban J connectivity index is 1.90. The first-order chi connectivity index (χ1) is 12.3. The minimum absolute atomic E-state index is 0.0128. The molecule has 3 rings (SSSR count). The van der Waals surface area contributed by atoms with Crippen molar-refractivity contribution in [3.63, 3.8) is 0 Å². The summed E-state index contributed by atoms with van der Waals surface area (Å²) < 4.78 is 22.6. The molecule has 26 heavy (non-hydrogen) atoms. The van der Waals surface area contributed by atoms with E-state index in [9.17, 15) is 13.2 Å².